The maximum atomic E-state index is 12.2. The minimum Gasteiger partial charge on any atom is -0.340 e. The molecule has 2 fully saturated rings. The van der Waals surface area contributed by atoms with Crippen LogP contribution in [0.25, 0.3) is 0 Å². The van der Waals surface area contributed by atoms with Crippen molar-refractivity contribution in [2.75, 3.05) is 39.8 Å². The Labute approximate surface area is 91.6 Å². The largest absolute Gasteiger partial charge is 0.340 e. The molecule has 2 unspecified atom stereocenters. The van der Waals surface area contributed by atoms with Crippen molar-refractivity contribution in [3.8, 4) is 0 Å². The highest BCUT2D eigenvalue weighted by Gasteiger charge is 2.31. The van der Waals surface area contributed by atoms with Crippen LogP contribution in [0.3, 0.4) is 0 Å². The van der Waals surface area contributed by atoms with Gasteiger partial charge in [0.25, 0.3) is 0 Å². The van der Waals surface area contributed by atoms with E-state index in [1.807, 2.05) is 4.90 Å². The molecule has 0 aliphatic carbocycles. The average molecular weight is 211 g/mol. The molecule has 0 spiro atoms. The van der Waals surface area contributed by atoms with Crippen LogP contribution >= 0.6 is 0 Å². The Kier molecular flexibility index (Phi) is 3.26. The fraction of sp³-hybridized carbons (Fsp3) is 0.909. The van der Waals surface area contributed by atoms with Gasteiger partial charge in [-0.15, -0.1) is 0 Å². The zero-order chi connectivity index (χ0) is 10.8. The quantitative estimate of drug-likeness (QED) is 0.650. The molecule has 2 heterocycles. The molecule has 86 valence electrons. The summed E-state index contributed by atoms with van der Waals surface area (Å²) in [6.07, 6.45) is 1.04. The fourth-order valence-electron chi connectivity index (χ4n) is 2.53. The number of hydrogen-bond donors (Lipinski definition) is 1. The summed E-state index contributed by atoms with van der Waals surface area (Å²) >= 11 is 0. The number of rotatable bonds is 1. The lowest BCUT2D eigenvalue weighted by molar-refractivity contribution is -0.136. The molecule has 0 aromatic carbocycles. The predicted molar refractivity (Wildman–Crippen MR) is 59.6 cm³/mol. The van der Waals surface area contributed by atoms with Crippen LogP contribution in [0.2, 0.25) is 0 Å². The number of nitrogens with zero attached hydrogens (tertiary/aromatic N) is 2. The Morgan fingerprint density at radius 1 is 1.33 bits per heavy atom. The van der Waals surface area contributed by atoms with E-state index in [4.69, 9.17) is 0 Å². The van der Waals surface area contributed by atoms with Crippen molar-refractivity contribution < 1.29 is 4.79 Å². The van der Waals surface area contributed by atoms with E-state index in [2.05, 4.69) is 24.2 Å². The molecule has 2 rings (SSSR count). The minimum atomic E-state index is 0.250. The van der Waals surface area contributed by atoms with E-state index >= 15 is 0 Å². The van der Waals surface area contributed by atoms with Gasteiger partial charge in [-0.25, -0.2) is 0 Å². The molecular weight excluding hydrogens is 190 g/mol. The SMILES string of the molecule is CC1CN(C(=O)C2CCN(C)C2)CCN1. The van der Waals surface area contributed by atoms with Crippen LogP contribution < -0.4 is 5.32 Å². The second kappa shape index (κ2) is 4.49. The fourth-order valence-corrected chi connectivity index (χ4v) is 2.53. The van der Waals surface area contributed by atoms with Crippen molar-refractivity contribution >= 4 is 5.91 Å². The molecular formula is C11H21N3O. The van der Waals surface area contributed by atoms with Crippen LogP contribution in [-0.2, 0) is 4.79 Å². The van der Waals surface area contributed by atoms with Gasteiger partial charge in [0, 0.05) is 32.2 Å². The monoisotopic (exact) mass is 211 g/mol. The molecule has 1 N–H and O–H groups in total. The second-order valence-corrected chi connectivity index (χ2v) is 4.89. The molecule has 2 atom stereocenters. The van der Waals surface area contributed by atoms with Crippen molar-refractivity contribution in [1.29, 1.82) is 0 Å². The summed E-state index contributed by atoms with van der Waals surface area (Å²) in [4.78, 5) is 16.4. The van der Waals surface area contributed by atoms with Gasteiger partial charge in [-0.2, -0.15) is 0 Å². The molecule has 0 bridgehead atoms. The maximum absolute atomic E-state index is 12.2. The summed E-state index contributed by atoms with van der Waals surface area (Å²) < 4.78 is 0. The van der Waals surface area contributed by atoms with Crippen molar-refractivity contribution in [3.63, 3.8) is 0 Å². The van der Waals surface area contributed by atoms with Gasteiger partial charge in [-0.05, 0) is 26.9 Å². The van der Waals surface area contributed by atoms with Gasteiger partial charge in [-0.1, -0.05) is 0 Å². The molecule has 4 nitrogen and oxygen atoms in total. The minimum absolute atomic E-state index is 0.250. The second-order valence-electron chi connectivity index (χ2n) is 4.89. The highest BCUT2D eigenvalue weighted by Crippen LogP contribution is 2.17. The lowest BCUT2D eigenvalue weighted by Gasteiger charge is -2.33. The molecule has 0 aromatic heterocycles. The van der Waals surface area contributed by atoms with Crippen LogP contribution in [0.15, 0.2) is 0 Å². The zero-order valence-electron chi connectivity index (χ0n) is 9.70. The topological polar surface area (TPSA) is 35.6 Å². The first-order valence-corrected chi connectivity index (χ1v) is 5.87. The summed E-state index contributed by atoms with van der Waals surface area (Å²) in [6, 6.07) is 0.446. The van der Waals surface area contributed by atoms with Crippen molar-refractivity contribution in [2.24, 2.45) is 5.92 Å². The maximum Gasteiger partial charge on any atom is 0.227 e. The third-order valence-corrected chi connectivity index (χ3v) is 3.42. The van der Waals surface area contributed by atoms with Crippen LogP contribution in [0.1, 0.15) is 13.3 Å². The van der Waals surface area contributed by atoms with E-state index in [0.29, 0.717) is 11.9 Å². The highest BCUT2D eigenvalue weighted by atomic mass is 16.2. The third kappa shape index (κ3) is 2.49. The van der Waals surface area contributed by atoms with Gasteiger partial charge in [0.2, 0.25) is 5.91 Å². The van der Waals surface area contributed by atoms with Gasteiger partial charge >= 0.3 is 0 Å². The molecule has 1 amide bonds. The molecule has 2 saturated heterocycles. The molecule has 0 aromatic rings. The number of carbonyl (C=O) groups is 1. The first-order chi connectivity index (χ1) is 7.16. The Bertz CT molecular complexity index is 244. The first kappa shape index (κ1) is 10.9. The van der Waals surface area contributed by atoms with Crippen molar-refractivity contribution in [2.45, 2.75) is 19.4 Å². The number of hydrogen-bond acceptors (Lipinski definition) is 3. The summed E-state index contributed by atoms with van der Waals surface area (Å²) in [7, 11) is 2.09. The number of likely N-dealkylation sites (tertiary alicyclic amines) is 1. The van der Waals surface area contributed by atoms with E-state index in [0.717, 1.165) is 39.1 Å². The van der Waals surface area contributed by atoms with Gasteiger partial charge in [-0.3, -0.25) is 4.79 Å². The van der Waals surface area contributed by atoms with Crippen LogP contribution in [-0.4, -0.2) is 61.5 Å². The van der Waals surface area contributed by atoms with Crippen LogP contribution in [0.4, 0.5) is 0 Å². The number of amides is 1. The lowest BCUT2D eigenvalue weighted by atomic mass is 10.1. The van der Waals surface area contributed by atoms with E-state index in [9.17, 15) is 4.79 Å². The Balaban J connectivity index is 1.89. The highest BCUT2D eigenvalue weighted by molar-refractivity contribution is 5.79. The molecule has 0 saturated carbocycles. The summed E-state index contributed by atoms with van der Waals surface area (Å²) in [5, 5.41) is 3.36. The smallest absolute Gasteiger partial charge is 0.227 e. The molecule has 0 radical (unpaired) electrons. The third-order valence-electron chi connectivity index (χ3n) is 3.42. The number of piperazine rings is 1. The lowest BCUT2D eigenvalue weighted by Crippen LogP contribution is -2.53. The summed E-state index contributed by atoms with van der Waals surface area (Å²) in [6.45, 7) is 6.84. The van der Waals surface area contributed by atoms with Gasteiger partial charge < -0.3 is 15.1 Å². The van der Waals surface area contributed by atoms with Crippen molar-refractivity contribution in [3.05, 3.63) is 0 Å². The van der Waals surface area contributed by atoms with Gasteiger partial charge in [0.05, 0.1) is 5.92 Å². The normalized spacial score (nSPS) is 33.3. The standard InChI is InChI=1S/C11H21N3O/c1-9-7-14(6-4-12-9)11(15)10-3-5-13(2)8-10/h9-10,12H,3-8H2,1-2H3. The average Bonchev–Trinajstić information content (AvgIpc) is 2.64. The Morgan fingerprint density at radius 3 is 2.73 bits per heavy atom. The van der Waals surface area contributed by atoms with Gasteiger partial charge in [0.15, 0.2) is 0 Å². The van der Waals surface area contributed by atoms with E-state index in [1.54, 1.807) is 0 Å². The van der Waals surface area contributed by atoms with E-state index in [1.165, 1.54) is 0 Å². The zero-order valence-corrected chi connectivity index (χ0v) is 9.70. The predicted octanol–water partition coefficient (Wildman–Crippen LogP) is -0.242. The Morgan fingerprint density at radius 2 is 2.13 bits per heavy atom. The number of nitrogens with one attached hydrogen (secondary N) is 1. The van der Waals surface area contributed by atoms with Crippen molar-refractivity contribution in [1.82, 2.24) is 15.1 Å². The summed E-state index contributed by atoms with van der Waals surface area (Å²) in [5.41, 5.74) is 0. The molecule has 2 aliphatic rings. The van der Waals surface area contributed by atoms with Crippen LogP contribution in [0, 0.1) is 5.92 Å². The van der Waals surface area contributed by atoms with E-state index in [-0.39, 0.29) is 5.92 Å². The van der Waals surface area contributed by atoms with E-state index < -0.39 is 0 Å². The Hall–Kier alpha value is -0.610. The molecule has 15 heavy (non-hydrogen) atoms. The molecule has 2 aliphatic heterocycles. The van der Waals surface area contributed by atoms with Crippen LogP contribution in [0.5, 0.6) is 0 Å². The first-order valence-electron chi connectivity index (χ1n) is 5.87. The van der Waals surface area contributed by atoms with Gasteiger partial charge in [0.1, 0.15) is 0 Å². The number of carbonyl (C=O) groups excluding carboxylic acids is 1. The molecule has 4 heteroatoms. The summed E-state index contributed by atoms with van der Waals surface area (Å²) in [5.74, 6) is 0.619.